The molecule has 3 rings (SSSR count). The number of aliphatic hydroxyl groups is 2. The van der Waals surface area contributed by atoms with Gasteiger partial charge in [-0.3, -0.25) is 0 Å². The Balaban J connectivity index is 0.00000379. The van der Waals surface area contributed by atoms with Crippen LogP contribution in [-0.2, 0) is 33.3 Å². The zero-order valence-electron chi connectivity index (χ0n) is 45.8. The van der Waals surface area contributed by atoms with Crippen molar-refractivity contribution in [1.82, 2.24) is 0 Å². The van der Waals surface area contributed by atoms with Crippen LogP contribution in [0.25, 0.3) is 16.9 Å². The molecule has 0 unspecified atom stereocenters. The van der Waals surface area contributed by atoms with Gasteiger partial charge in [0, 0.05) is 69.3 Å². The molecular formula is C64H108N2O2Pd. The summed E-state index contributed by atoms with van der Waals surface area (Å²) in [6.45, 7) is 11.6. The Labute approximate surface area is 442 Å². The molecule has 0 saturated heterocycles. The first-order valence-electron chi connectivity index (χ1n) is 29.3. The second-order valence-corrected chi connectivity index (χ2v) is 19.9. The summed E-state index contributed by atoms with van der Waals surface area (Å²) in [6, 6.07) is 17.5. The average Bonchev–Trinajstić information content (AvgIpc) is 3.69. The summed E-state index contributed by atoms with van der Waals surface area (Å²) >= 11 is 0. The average molecular weight is 1040 g/mol. The van der Waals surface area contributed by atoms with Gasteiger partial charge < -0.3 is 15.7 Å². The SMILES string of the molecule is CCCCCCCCCCCCCCCCCCCCCCCCC#CCCc1ccccc1C1=C(CCCCCCCC)C=C(c2cccc(CCCC)c2)[N+]1=[N-].CCCCO.CCCCO.[Pd]. The van der Waals surface area contributed by atoms with Gasteiger partial charge in [0.1, 0.15) is 0 Å². The number of aryl methyl sites for hydroxylation is 2. The molecule has 4 nitrogen and oxygen atoms in total. The number of aliphatic hydroxyl groups excluding tert-OH is 2. The van der Waals surface area contributed by atoms with Gasteiger partial charge in [-0.05, 0) is 80.7 Å². The molecule has 2 aromatic carbocycles. The van der Waals surface area contributed by atoms with Crippen LogP contribution < -0.4 is 0 Å². The monoisotopic (exact) mass is 1040 g/mol. The molecule has 1 heterocycles. The number of rotatable bonds is 40. The van der Waals surface area contributed by atoms with E-state index in [4.69, 9.17) is 10.2 Å². The van der Waals surface area contributed by atoms with Crippen molar-refractivity contribution in [1.29, 1.82) is 0 Å². The first kappa shape index (κ1) is 66.7. The molecule has 0 saturated carbocycles. The third-order valence-electron chi connectivity index (χ3n) is 13.5. The minimum absolute atomic E-state index is 0. The van der Waals surface area contributed by atoms with Crippen LogP contribution in [-0.4, -0.2) is 28.1 Å². The van der Waals surface area contributed by atoms with Crippen LogP contribution in [0.5, 0.6) is 0 Å². The molecule has 0 spiro atoms. The molecule has 0 radical (unpaired) electrons. The molecule has 0 aromatic heterocycles. The molecule has 5 heteroatoms. The van der Waals surface area contributed by atoms with Crippen LogP contribution >= 0.6 is 0 Å². The standard InChI is InChI=1S/C56H88N2.2C4H10O.Pd/c1-4-7-10-12-14-15-16-17-18-19-20-21-22-23-24-25-26-27-28-29-30-31-32-33-35-36-43-51-44-38-39-47-54(51)56-53(45-37-34-13-11-8-5-2)49-55(58(56)57)52-46-40-42-50(48-52)41-9-6-3;2*1-2-3-4-5;/h38-40,42,44,46-49H,4-32,34,36-37,41,43,45H2,1-3H3;2*5H,2-4H2,1H3;. The normalized spacial score (nSPS) is 11.9. The fourth-order valence-electron chi connectivity index (χ4n) is 9.08. The van der Waals surface area contributed by atoms with Crippen molar-refractivity contribution >= 4 is 11.4 Å². The summed E-state index contributed by atoms with van der Waals surface area (Å²) in [4.78, 5) is 0. The van der Waals surface area contributed by atoms with E-state index in [1.807, 2.05) is 0 Å². The first-order chi connectivity index (χ1) is 33.5. The number of unbranched alkanes of at least 4 members (excludes halogenated alkanes) is 30. The van der Waals surface area contributed by atoms with Crippen LogP contribution in [0.15, 0.2) is 60.2 Å². The number of hydrogen-bond donors (Lipinski definition) is 2. The number of allylic oxidation sites excluding steroid dienone is 2. The third kappa shape index (κ3) is 35.4. The minimum Gasteiger partial charge on any atom is -0.493 e. The largest absolute Gasteiger partial charge is 0.493 e. The molecule has 396 valence electrons. The molecule has 2 aromatic rings. The molecule has 0 fully saturated rings. The Bertz CT molecular complexity index is 1590. The van der Waals surface area contributed by atoms with Crippen molar-refractivity contribution in [2.45, 2.75) is 285 Å². The summed E-state index contributed by atoms with van der Waals surface area (Å²) in [5.41, 5.74) is 19.9. The molecule has 0 atom stereocenters. The van der Waals surface area contributed by atoms with E-state index in [-0.39, 0.29) is 20.4 Å². The van der Waals surface area contributed by atoms with Crippen LogP contribution in [0, 0.1) is 11.8 Å². The Morgan fingerprint density at radius 1 is 0.435 bits per heavy atom. The smallest absolute Gasteiger partial charge is 0.211 e. The maximum absolute atomic E-state index is 11.8. The predicted molar refractivity (Wildman–Crippen MR) is 300 cm³/mol. The van der Waals surface area contributed by atoms with Gasteiger partial charge >= 0.3 is 0 Å². The van der Waals surface area contributed by atoms with Crippen LogP contribution in [0.2, 0.25) is 0 Å². The van der Waals surface area contributed by atoms with Crippen molar-refractivity contribution in [2.24, 2.45) is 0 Å². The van der Waals surface area contributed by atoms with E-state index in [2.05, 4.69) is 101 Å². The quantitative estimate of drug-likeness (QED) is 0.0302. The van der Waals surface area contributed by atoms with Crippen molar-refractivity contribution < 1.29 is 35.3 Å². The first-order valence-corrected chi connectivity index (χ1v) is 29.3. The maximum atomic E-state index is 11.8. The van der Waals surface area contributed by atoms with Crippen molar-refractivity contribution in [3.05, 3.63) is 88.0 Å². The second-order valence-electron chi connectivity index (χ2n) is 19.9. The molecule has 0 bridgehead atoms. The summed E-state index contributed by atoms with van der Waals surface area (Å²) in [6.07, 6.45) is 52.6. The third-order valence-corrected chi connectivity index (χ3v) is 13.5. The van der Waals surface area contributed by atoms with E-state index in [9.17, 15) is 5.53 Å². The van der Waals surface area contributed by atoms with E-state index < -0.39 is 0 Å². The molecule has 0 aliphatic carbocycles. The molecule has 2 N–H and O–H groups in total. The number of hydrogen-bond acceptors (Lipinski definition) is 2. The fourth-order valence-corrected chi connectivity index (χ4v) is 9.08. The van der Waals surface area contributed by atoms with Gasteiger partial charge in [0.05, 0.1) is 0 Å². The van der Waals surface area contributed by atoms with Gasteiger partial charge in [0.2, 0.25) is 11.4 Å². The Morgan fingerprint density at radius 3 is 1.33 bits per heavy atom. The van der Waals surface area contributed by atoms with Gasteiger partial charge in [0.25, 0.3) is 0 Å². The van der Waals surface area contributed by atoms with E-state index in [1.54, 1.807) is 0 Å². The number of benzene rings is 2. The van der Waals surface area contributed by atoms with Crippen LogP contribution in [0.1, 0.15) is 294 Å². The fraction of sp³-hybridized carbons (Fsp3) is 0.719. The van der Waals surface area contributed by atoms with Crippen molar-refractivity contribution in [3.63, 3.8) is 0 Å². The molecule has 0 amide bonds. The zero-order valence-corrected chi connectivity index (χ0v) is 47.3. The molecular weight excluding hydrogens is 935 g/mol. The second kappa shape index (κ2) is 50.6. The van der Waals surface area contributed by atoms with Gasteiger partial charge in [-0.15, -0.1) is 11.8 Å². The molecule has 1 aliphatic rings. The van der Waals surface area contributed by atoms with Gasteiger partial charge in [-0.2, -0.15) is 0 Å². The van der Waals surface area contributed by atoms with Gasteiger partial charge in [-0.1, -0.05) is 251 Å². The van der Waals surface area contributed by atoms with Gasteiger partial charge in [-0.25, -0.2) is 4.70 Å². The maximum Gasteiger partial charge on any atom is 0.211 e. The predicted octanol–water partition coefficient (Wildman–Crippen LogP) is 20.1. The van der Waals surface area contributed by atoms with E-state index in [0.29, 0.717) is 13.2 Å². The van der Waals surface area contributed by atoms with Crippen LogP contribution in [0.4, 0.5) is 0 Å². The summed E-state index contributed by atoms with van der Waals surface area (Å²) in [5.74, 6) is 6.99. The van der Waals surface area contributed by atoms with E-state index in [1.165, 1.54) is 208 Å². The summed E-state index contributed by atoms with van der Waals surface area (Å²) < 4.78 is 1.50. The van der Waals surface area contributed by atoms with E-state index >= 15 is 0 Å². The minimum atomic E-state index is 0. The van der Waals surface area contributed by atoms with Gasteiger partial charge in [0.15, 0.2) is 0 Å². The van der Waals surface area contributed by atoms with Crippen LogP contribution in [0.3, 0.4) is 0 Å². The molecule has 1 aliphatic heterocycles. The Morgan fingerprint density at radius 2 is 0.870 bits per heavy atom. The van der Waals surface area contributed by atoms with E-state index in [0.717, 1.165) is 86.7 Å². The Hall–Kier alpha value is -2.34. The topological polar surface area (TPSA) is 65.8 Å². The van der Waals surface area contributed by atoms with Crippen molar-refractivity contribution in [2.75, 3.05) is 13.2 Å². The molecule has 69 heavy (non-hydrogen) atoms. The number of nitrogens with zero attached hydrogens (tertiary/aromatic N) is 2. The summed E-state index contributed by atoms with van der Waals surface area (Å²) in [7, 11) is 0. The summed E-state index contributed by atoms with van der Waals surface area (Å²) in [5, 5.41) is 16.1. The Kier molecular flexibility index (Phi) is 48.9. The zero-order chi connectivity index (χ0) is 49.4. The van der Waals surface area contributed by atoms with Crippen molar-refractivity contribution in [3.8, 4) is 11.8 Å².